The second-order valence-corrected chi connectivity index (χ2v) is 3.26. The first-order valence-electron chi connectivity index (χ1n) is 4.47. The molecule has 2 nitrogen and oxygen atoms in total. The van der Waals surface area contributed by atoms with Crippen LogP contribution in [0.25, 0.3) is 0 Å². The third kappa shape index (κ3) is 4.62. The first kappa shape index (κ1) is 18.0. The molecular weight excluding hydrogens is 285 g/mol. The Hall–Kier alpha value is 0.0413. The summed E-state index contributed by atoms with van der Waals surface area (Å²) in [6, 6.07) is 1.51. The van der Waals surface area contributed by atoms with Crippen molar-refractivity contribution in [1.29, 1.82) is 0 Å². The van der Waals surface area contributed by atoms with Crippen molar-refractivity contribution in [3.05, 3.63) is 29.3 Å². The molecule has 1 rings (SSSR count). The van der Waals surface area contributed by atoms with Gasteiger partial charge in [-0.15, -0.1) is 5.46 Å². The number of ether oxygens (including phenoxy) is 1. The minimum Gasteiger partial charge on any atom is -0.465 e. The van der Waals surface area contributed by atoms with E-state index >= 15 is 0 Å². The van der Waals surface area contributed by atoms with Crippen molar-refractivity contribution in [2.75, 3.05) is 7.11 Å². The Labute approximate surface area is 142 Å². The zero-order valence-corrected chi connectivity index (χ0v) is 12.7. The van der Waals surface area contributed by atoms with Crippen LogP contribution in [0.15, 0.2) is 18.2 Å². The molecule has 18 heavy (non-hydrogen) atoms. The molecule has 94 valence electrons. The molecular formula is C9H7BF5KO2. The van der Waals surface area contributed by atoms with Gasteiger partial charge in [0, 0.05) is 5.56 Å². The second-order valence-electron chi connectivity index (χ2n) is 3.26. The van der Waals surface area contributed by atoms with E-state index in [2.05, 4.69) is 4.74 Å². The van der Waals surface area contributed by atoms with Gasteiger partial charge >= 0.3 is 64.3 Å². The zero-order valence-electron chi connectivity index (χ0n) is 9.59. The average Bonchev–Trinajstić information content (AvgIpc) is 2.26. The van der Waals surface area contributed by atoms with Crippen LogP contribution < -0.4 is 56.8 Å². The number of carbonyl (C=O) groups is 1. The fourth-order valence-electron chi connectivity index (χ4n) is 1.23. The maximum atomic E-state index is 12.4. The van der Waals surface area contributed by atoms with Gasteiger partial charge in [-0.3, -0.25) is 0 Å². The molecule has 0 unspecified atom stereocenters. The summed E-state index contributed by atoms with van der Waals surface area (Å²) >= 11 is 0. The Morgan fingerprint density at radius 3 is 2.17 bits per heavy atom. The van der Waals surface area contributed by atoms with E-state index < -0.39 is 36.0 Å². The third-order valence-electron chi connectivity index (χ3n) is 2.03. The first-order valence-corrected chi connectivity index (χ1v) is 4.47. The monoisotopic (exact) mass is 292 g/mol. The molecule has 0 spiro atoms. The molecule has 0 aliphatic heterocycles. The van der Waals surface area contributed by atoms with Gasteiger partial charge in [0.25, 0.3) is 6.43 Å². The first-order chi connectivity index (χ1) is 7.75. The minimum absolute atomic E-state index is 0. The van der Waals surface area contributed by atoms with Gasteiger partial charge in [0.1, 0.15) is 0 Å². The normalized spacial score (nSPS) is 11.1. The van der Waals surface area contributed by atoms with Gasteiger partial charge in [0.05, 0.1) is 12.7 Å². The van der Waals surface area contributed by atoms with Crippen LogP contribution in [0.1, 0.15) is 22.3 Å². The average molecular weight is 292 g/mol. The maximum absolute atomic E-state index is 12.4. The predicted molar refractivity (Wildman–Crippen MR) is 51.5 cm³/mol. The van der Waals surface area contributed by atoms with E-state index in [1.165, 1.54) is 0 Å². The van der Waals surface area contributed by atoms with Gasteiger partial charge in [0.15, 0.2) is 0 Å². The molecule has 0 radical (unpaired) electrons. The summed E-state index contributed by atoms with van der Waals surface area (Å²) in [5, 5.41) is 0. The van der Waals surface area contributed by atoms with Gasteiger partial charge in [-0.1, -0.05) is 12.1 Å². The maximum Gasteiger partial charge on any atom is 1.00 e. The zero-order chi connectivity index (χ0) is 13.2. The standard InChI is InChI=1S/C9H7BF5O2.K/c1-17-9(16)6-2-5(8(11)12)3-7(4-6)10(13,14)15;/h2-4,8H,1H3;/q-1;+1. The van der Waals surface area contributed by atoms with E-state index in [9.17, 15) is 26.5 Å². The van der Waals surface area contributed by atoms with Crippen molar-refractivity contribution in [3.8, 4) is 0 Å². The van der Waals surface area contributed by atoms with E-state index in [0.717, 1.165) is 7.11 Å². The van der Waals surface area contributed by atoms with E-state index in [0.29, 0.717) is 18.2 Å². The summed E-state index contributed by atoms with van der Waals surface area (Å²) in [5.41, 5.74) is -2.65. The second kappa shape index (κ2) is 6.99. The molecule has 0 aliphatic rings. The Morgan fingerprint density at radius 1 is 1.22 bits per heavy atom. The third-order valence-corrected chi connectivity index (χ3v) is 2.03. The Bertz CT molecular complexity index is 435. The molecule has 9 heteroatoms. The number of halogens is 5. The van der Waals surface area contributed by atoms with Crippen LogP contribution in [-0.2, 0) is 4.74 Å². The van der Waals surface area contributed by atoms with E-state index in [-0.39, 0.29) is 51.4 Å². The number of hydrogen-bond acceptors (Lipinski definition) is 2. The van der Waals surface area contributed by atoms with Crippen LogP contribution in [0.2, 0.25) is 0 Å². The number of benzene rings is 1. The molecule has 0 bridgehead atoms. The van der Waals surface area contributed by atoms with Crippen LogP contribution in [0.5, 0.6) is 0 Å². The fourth-order valence-corrected chi connectivity index (χ4v) is 1.23. The van der Waals surface area contributed by atoms with Crippen LogP contribution in [-0.4, -0.2) is 20.1 Å². The van der Waals surface area contributed by atoms with E-state index in [1.807, 2.05) is 0 Å². The molecule has 0 aliphatic carbocycles. The van der Waals surface area contributed by atoms with Crippen molar-refractivity contribution >= 4 is 18.4 Å². The molecule has 0 atom stereocenters. The molecule has 0 aromatic heterocycles. The summed E-state index contributed by atoms with van der Waals surface area (Å²) in [6.45, 7) is -5.45. The van der Waals surface area contributed by atoms with Crippen molar-refractivity contribution in [2.24, 2.45) is 0 Å². The molecule has 0 N–H and O–H groups in total. The minimum atomic E-state index is -5.45. The summed E-state index contributed by atoms with van der Waals surface area (Å²) in [4.78, 5) is 11.0. The smallest absolute Gasteiger partial charge is 0.465 e. The van der Waals surface area contributed by atoms with Gasteiger partial charge in [-0.2, -0.15) is 0 Å². The summed E-state index contributed by atoms with van der Waals surface area (Å²) in [7, 11) is 0.954. The summed E-state index contributed by atoms with van der Waals surface area (Å²) < 4.78 is 66.3. The Kier molecular flexibility index (Phi) is 7.01. The molecule has 0 saturated heterocycles. The van der Waals surface area contributed by atoms with Crippen LogP contribution >= 0.6 is 0 Å². The fraction of sp³-hybridized carbons (Fsp3) is 0.222. The van der Waals surface area contributed by atoms with Crippen LogP contribution in [0.3, 0.4) is 0 Å². The van der Waals surface area contributed by atoms with Gasteiger partial charge in [-0.25, -0.2) is 13.6 Å². The number of alkyl halides is 2. The molecule has 0 heterocycles. The van der Waals surface area contributed by atoms with Gasteiger partial charge in [0.2, 0.25) is 0 Å². The topological polar surface area (TPSA) is 26.3 Å². The van der Waals surface area contributed by atoms with E-state index in [1.54, 1.807) is 0 Å². The Morgan fingerprint density at radius 2 is 1.78 bits per heavy atom. The van der Waals surface area contributed by atoms with Crippen molar-refractivity contribution < 1.29 is 82.6 Å². The Balaban J connectivity index is 0.00000289. The molecule has 0 saturated carbocycles. The quantitative estimate of drug-likeness (QED) is 0.425. The molecule has 0 fully saturated rings. The SMILES string of the molecule is COC(=O)c1cc(C(F)F)cc([B-](F)(F)F)c1.[K+]. The predicted octanol–water partition coefficient (Wildman–Crippen LogP) is -0.531. The molecule has 1 aromatic carbocycles. The summed E-state index contributed by atoms with van der Waals surface area (Å²) in [5.74, 6) is -1.09. The van der Waals surface area contributed by atoms with E-state index in [4.69, 9.17) is 0 Å². The number of methoxy groups -OCH3 is 1. The van der Waals surface area contributed by atoms with Crippen molar-refractivity contribution in [1.82, 2.24) is 0 Å². The van der Waals surface area contributed by atoms with Crippen molar-refractivity contribution in [3.63, 3.8) is 0 Å². The number of hydrogen-bond donors (Lipinski definition) is 0. The van der Waals surface area contributed by atoms with Gasteiger partial charge < -0.3 is 17.7 Å². The molecule has 1 aromatic rings. The summed E-state index contributed by atoms with van der Waals surface area (Å²) in [6.07, 6.45) is -3.09. The largest absolute Gasteiger partial charge is 1.00 e. The van der Waals surface area contributed by atoms with Crippen LogP contribution in [0, 0.1) is 0 Å². The number of rotatable bonds is 3. The molecule has 0 amide bonds. The number of carbonyl (C=O) groups excluding carboxylic acids is 1. The van der Waals surface area contributed by atoms with Crippen molar-refractivity contribution in [2.45, 2.75) is 6.43 Å². The number of esters is 1. The van der Waals surface area contributed by atoms with Gasteiger partial charge in [-0.05, 0) is 6.07 Å². The van der Waals surface area contributed by atoms with Crippen LogP contribution in [0.4, 0.5) is 21.7 Å².